The summed E-state index contributed by atoms with van der Waals surface area (Å²) in [6, 6.07) is 8.90. The second-order valence-electron chi connectivity index (χ2n) is 5.32. The predicted molar refractivity (Wildman–Crippen MR) is 86.6 cm³/mol. The van der Waals surface area contributed by atoms with Gasteiger partial charge in [-0.25, -0.2) is 0 Å². The molecule has 0 saturated heterocycles. The number of hydrogen-bond acceptors (Lipinski definition) is 6. The van der Waals surface area contributed by atoms with Crippen molar-refractivity contribution in [3.05, 3.63) is 60.4 Å². The predicted octanol–water partition coefficient (Wildman–Crippen LogP) is 2.34. The number of aromatic nitrogens is 4. The largest absolute Gasteiger partial charge is 0.345 e. The molecule has 24 heavy (non-hydrogen) atoms. The van der Waals surface area contributed by atoms with Crippen molar-refractivity contribution in [1.82, 2.24) is 25.4 Å². The number of rotatable bonds is 6. The molecule has 7 heteroatoms. The van der Waals surface area contributed by atoms with E-state index in [1.807, 2.05) is 24.3 Å². The summed E-state index contributed by atoms with van der Waals surface area (Å²) >= 11 is 0. The van der Waals surface area contributed by atoms with Crippen LogP contribution in [0.25, 0.3) is 11.5 Å². The van der Waals surface area contributed by atoms with E-state index in [-0.39, 0.29) is 11.9 Å². The van der Waals surface area contributed by atoms with Crippen molar-refractivity contribution in [2.24, 2.45) is 0 Å². The van der Waals surface area contributed by atoms with E-state index >= 15 is 0 Å². The highest BCUT2D eigenvalue weighted by Gasteiger charge is 2.17. The van der Waals surface area contributed by atoms with Crippen molar-refractivity contribution in [3.63, 3.8) is 0 Å². The van der Waals surface area contributed by atoms with Crippen LogP contribution in [0, 0.1) is 0 Å². The van der Waals surface area contributed by atoms with Crippen LogP contribution in [-0.4, -0.2) is 26.0 Å². The molecule has 1 amide bonds. The van der Waals surface area contributed by atoms with Gasteiger partial charge in [0.2, 0.25) is 17.6 Å². The van der Waals surface area contributed by atoms with Crippen LogP contribution < -0.4 is 5.32 Å². The minimum absolute atomic E-state index is 0.0797. The SMILES string of the molecule is CC(NC(=O)CCc1cccnc1)c1nc(-c2ccccn2)no1. The first-order valence-electron chi connectivity index (χ1n) is 7.65. The van der Waals surface area contributed by atoms with Gasteiger partial charge in [0.1, 0.15) is 11.7 Å². The highest BCUT2D eigenvalue weighted by Crippen LogP contribution is 2.16. The molecule has 0 aromatic carbocycles. The van der Waals surface area contributed by atoms with Gasteiger partial charge in [-0.2, -0.15) is 4.98 Å². The van der Waals surface area contributed by atoms with Gasteiger partial charge in [-0.3, -0.25) is 14.8 Å². The average molecular weight is 323 g/mol. The quantitative estimate of drug-likeness (QED) is 0.748. The van der Waals surface area contributed by atoms with Crippen molar-refractivity contribution in [2.75, 3.05) is 0 Å². The summed E-state index contributed by atoms with van der Waals surface area (Å²) in [4.78, 5) is 24.5. The summed E-state index contributed by atoms with van der Waals surface area (Å²) in [5.74, 6) is 0.677. The standard InChI is InChI=1S/C17H17N5O2/c1-12(20-15(23)8-7-13-5-4-9-18-11-13)17-21-16(22-24-17)14-6-2-3-10-19-14/h2-6,9-12H,7-8H2,1H3,(H,20,23). The Bertz CT molecular complexity index is 789. The first-order valence-corrected chi connectivity index (χ1v) is 7.65. The van der Waals surface area contributed by atoms with Crippen molar-refractivity contribution in [2.45, 2.75) is 25.8 Å². The number of hydrogen-bond donors (Lipinski definition) is 1. The van der Waals surface area contributed by atoms with Gasteiger partial charge in [-0.15, -0.1) is 0 Å². The Balaban J connectivity index is 1.56. The zero-order valence-electron chi connectivity index (χ0n) is 13.2. The summed E-state index contributed by atoms with van der Waals surface area (Å²) < 4.78 is 5.22. The van der Waals surface area contributed by atoms with Gasteiger partial charge < -0.3 is 9.84 Å². The maximum atomic E-state index is 12.0. The Morgan fingerprint density at radius 1 is 1.25 bits per heavy atom. The van der Waals surface area contributed by atoms with Crippen LogP contribution in [0.3, 0.4) is 0 Å². The fourth-order valence-electron chi connectivity index (χ4n) is 2.19. The molecule has 7 nitrogen and oxygen atoms in total. The topological polar surface area (TPSA) is 93.8 Å². The van der Waals surface area contributed by atoms with E-state index in [4.69, 9.17) is 4.52 Å². The summed E-state index contributed by atoms with van der Waals surface area (Å²) in [7, 11) is 0. The van der Waals surface area contributed by atoms with E-state index in [0.29, 0.717) is 30.3 Å². The lowest BCUT2D eigenvalue weighted by Crippen LogP contribution is -2.27. The highest BCUT2D eigenvalue weighted by molar-refractivity contribution is 5.76. The van der Waals surface area contributed by atoms with Gasteiger partial charge in [0.05, 0.1) is 0 Å². The monoisotopic (exact) mass is 323 g/mol. The molecular formula is C17H17N5O2. The van der Waals surface area contributed by atoms with Crippen LogP contribution >= 0.6 is 0 Å². The van der Waals surface area contributed by atoms with Crippen LogP contribution in [0.1, 0.15) is 30.8 Å². The summed E-state index contributed by atoms with van der Waals surface area (Å²) in [6.07, 6.45) is 6.13. The summed E-state index contributed by atoms with van der Waals surface area (Å²) in [5, 5.41) is 6.76. The van der Waals surface area contributed by atoms with Gasteiger partial charge in [0, 0.05) is 25.0 Å². The Labute approximate surface area is 139 Å². The zero-order chi connectivity index (χ0) is 16.8. The Morgan fingerprint density at radius 3 is 2.92 bits per heavy atom. The highest BCUT2D eigenvalue weighted by atomic mass is 16.5. The van der Waals surface area contributed by atoms with Gasteiger partial charge in [-0.05, 0) is 37.1 Å². The van der Waals surface area contributed by atoms with Crippen molar-refractivity contribution in [1.29, 1.82) is 0 Å². The molecule has 1 atom stereocenters. The van der Waals surface area contributed by atoms with Crippen LogP contribution in [0.2, 0.25) is 0 Å². The maximum absolute atomic E-state index is 12.0. The molecule has 0 fully saturated rings. The minimum Gasteiger partial charge on any atom is -0.345 e. The molecule has 3 heterocycles. The van der Waals surface area contributed by atoms with E-state index in [1.165, 1.54) is 0 Å². The number of carbonyl (C=O) groups excluding carboxylic acids is 1. The lowest BCUT2D eigenvalue weighted by molar-refractivity contribution is -0.121. The molecule has 0 radical (unpaired) electrons. The second kappa shape index (κ2) is 7.45. The third-order valence-electron chi connectivity index (χ3n) is 3.45. The molecule has 1 unspecified atom stereocenters. The Kier molecular flexibility index (Phi) is 4.90. The van der Waals surface area contributed by atoms with Crippen molar-refractivity contribution in [3.8, 4) is 11.5 Å². The molecule has 0 spiro atoms. The third kappa shape index (κ3) is 4.01. The summed E-state index contributed by atoms with van der Waals surface area (Å²) in [5.41, 5.74) is 1.65. The lowest BCUT2D eigenvalue weighted by atomic mass is 10.1. The minimum atomic E-state index is -0.364. The molecule has 0 aliphatic heterocycles. The first kappa shape index (κ1) is 15.8. The van der Waals surface area contributed by atoms with Crippen LogP contribution in [0.15, 0.2) is 53.4 Å². The number of pyridine rings is 2. The van der Waals surface area contributed by atoms with Crippen LogP contribution in [-0.2, 0) is 11.2 Å². The summed E-state index contributed by atoms with van der Waals surface area (Å²) in [6.45, 7) is 1.80. The molecule has 0 bridgehead atoms. The molecule has 0 aliphatic carbocycles. The average Bonchev–Trinajstić information content (AvgIpc) is 3.12. The lowest BCUT2D eigenvalue weighted by Gasteiger charge is -2.09. The van der Waals surface area contributed by atoms with Crippen molar-refractivity contribution >= 4 is 5.91 Å². The molecule has 0 saturated carbocycles. The van der Waals surface area contributed by atoms with E-state index in [2.05, 4.69) is 25.4 Å². The van der Waals surface area contributed by atoms with Gasteiger partial charge in [0.15, 0.2) is 0 Å². The molecule has 122 valence electrons. The van der Waals surface area contributed by atoms with E-state index in [0.717, 1.165) is 5.56 Å². The molecular weight excluding hydrogens is 306 g/mol. The molecule has 3 aromatic heterocycles. The fraction of sp³-hybridized carbons (Fsp3) is 0.235. The Morgan fingerprint density at radius 2 is 2.17 bits per heavy atom. The third-order valence-corrected chi connectivity index (χ3v) is 3.45. The van der Waals surface area contributed by atoms with E-state index in [9.17, 15) is 4.79 Å². The van der Waals surface area contributed by atoms with E-state index in [1.54, 1.807) is 31.6 Å². The molecule has 1 N–H and O–H groups in total. The molecule has 3 aromatic rings. The molecule has 0 aliphatic rings. The van der Waals surface area contributed by atoms with Gasteiger partial charge in [0.25, 0.3) is 0 Å². The smallest absolute Gasteiger partial charge is 0.249 e. The number of aryl methyl sites for hydroxylation is 1. The second-order valence-corrected chi connectivity index (χ2v) is 5.32. The fourth-order valence-corrected chi connectivity index (χ4v) is 2.19. The Hall–Kier alpha value is -3.09. The zero-order valence-corrected chi connectivity index (χ0v) is 13.2. The van der Waals surface area contributed by atoms with Crippen molar-refractivity contribution < 1.29 is 9.32 Å². The number of amides is 1. The van der Waals surface area contributed by atoms with Gasteiger partial charge >= 0.3 is 0 Å². The van der Waals surface area contributed by atoms with Crippen LogP contribution in [0.4, 0.5) is 0 Å². The molecule has 3 rings (SSSR count). The van der Waals surface area contributed by atoms with Gasteiger partial charge in [-0.1, -0.05) is 17.3 Å². The first-order chi connectivity index (χ1) is 11.7. The van der Waals surface area contributed by atoms with Crippen LogP contribution in [0.5, 0.6) is 0 Å². The number of nitrogens with one attached hydrogen (secondary N) is 1. The number of carbonyl (C=O) groups is 1. The maximum Gasteiger partial charge on any atom is 0.249 e. The van der Waals surface area contributed by atoms with E-state index < -0.39 is 0 Å². The normalized spacial score (nSPS) is 11.9. The number of nitrogens with zero attached hydrogens (tertiary/aromatic N) is 4.